The lowest BCUT2D eigenvalue weighted by molar-refractivity contribution is -0.137. The van der Waals surface area contributed by atoms with E-state index in [2.05, 4.69) is 16.5 Å². The molecule has 9 nitrogen and oxygen atoms in total. The second-order valence-corrected chi connectivity index (χ2v) is 13.3. The summed E-state index contributed by atoms with van der Waals surface area (Å²) in [4.78, 5) is 52.7. The van der Waals surface area contributed by atoms with E-state index < -0.39 is 35.5 Å². The van der Waals surface area contributed by atoms with Crippen LogP contribution in [-0.2, 0) is 20.6 Å². The molecule has 1 aromatic heterocycles. The number of halogens is 4. The fraction of sp³-hybridized carbons (Fsp3) is 0.515. The molecule has 4 heterocycles. The molecule has 5 rings (SSSR count). The van der Waals surface area contributed by atoms with E-state index in [-0.39, 0.29) is 23.8 Å². The van der Waals surface area contributed by atoms with Crippen molar-refractivity contribution in [3.63, 3.8) is 0 Å². The molecule has 2 fully saturated rings. The van der Waals surface area contributed by atoms with Gasteiger partial charge in [0.1, 0.15) is 11.9 Å². The number of carbonyl (C=O) groups is 3. The van der Waals surface area contributed by atoms with E-state index in [1.807, 2.05) is 23.9 Å². The molecule has 0 N–H and O–H groups in total. The van der Waals surface area contributed by atoms with Gasteiger partial charge in [-0.2, -0.15) is 13.2 Å². The highest BCUT2D eigenvalue weighted by molar-refractivity contribution is 6.34. The Labute approximate surface area is 272 Å². The highest BCUT2D eigenvalue weighted by Crippen LogP contribution is 2.43. The number of benzene rings is 1. The van der Waals surface area contributed by atoms with Crippen LogP contribution in [0.15, 0.2) is 42.5 Å². The molecule has 3 aliphatic heterocycles. The average Bonchev–Trinajstić information content (AvgIpc) is 3.27. The van der Waals surface area contributed by atoms with Gasteiger partial charge in [-0.25, -0.2) is 4.98 Å². The molecule has 0 aliphatic carbocycles. The fourth-order valence-electron chi connectivity index (χ4n) is 6.79. The number of unbranched alkanes of at least 4 members (excludes halogenated alkanes) is 1. The summed E-state index contributed by atoms with van der Waals surface area (Å²) in [7, 11) is 5.40. The lowest BCUT2D eigenvalue weighted by Gasteiger charge is -2.40. The van der Waals surface area contributed by atoms with Gasteiger partial charge >= 0.3 is 6.18 Å². The standard InChI is InChI=1S/C33H40ClF3N6O3/c1-20(16-39(3)4)31(45)42-17-22(18-42)9-6-7-12-41-19-23-14-28(44)43(27-15-24(33(35,36)37)13-21(2)38-27)29(23)32(46)40(5)26-11-8-10-25(34)30(26)41/h8,10-11,13,15,22-23,29H,1,6-7,9,12,14,16-19H2,2-5H3/t23-,29+/m1/s1. The summed E-state index contributed by atoms with van der Waals surface area (Å²) < 4.78 is 41.0. The number of aromatic nitrogens is 1. The molecule has 0 unspecified atom stereocenters. The van der Waals surface area contributed by atoms with Crippen LogP contribution in [0.4, 0.5) is 30.4 Å². The van der Waals surface area contributed by atoms with Gasteiger partial charge in [-0.3, -0.25) is 19.3 Å². The van der Waals surface area contributed by atoms with Crippen molar-refractivity contribution in [1.82, 2.24) is 14.8 Å². The topological polar surface area (TPSA) is 80.3 Å². The van der Waals surface area contributed by atoms with E-state index in [1.54, 1.807) is 25.2 Å². The normalized spacial score (nSPS) is 20.5. The fourth-order valence-corrected chi connectivity index (χ4v) is 7.08. The number of rotatable bonds is 9. The van der Waals surface area contributed by atoms with Gasteiger partial charge in [0.25, 0.3) is 5.91 Å². The van der Waals surface area contributed by atoms with Crippen LogP contribution < -0.4 is 14.7 Å². The molecule has 0 bridgehead atoms. The Morgan fingerprint density at radius 1 is 1.13 bits per heavy atom. The van der Waals surface area contributed by atoms with Crippen molar-refractivity contribution >= 4 is 46.5 Å². The van der Waals surface area contributed by atoms with E-state index in [0.29, 0.717) is 60.6 Å². The molecule has 0 radical (unpaired) electrons. The van der Waals surface area contributed by atoms with Crippen molar-refractivity contribution in [1.29, 1.82) is 0 Å². The van der Waals surface area contributed by atoms with E-state index in [1.165, 1.54) is 11.8 Å². The lowest BCUT2D eigenvalue weighted by atomic mass is 9.92. The summed E-state index contributed by atoms with van der Waals surface area (Å²) in [5.74, 6) is -1.11. The zero-order chi connectivity index (χ0) is 33.5. The number of alkyl halides is 3. The second kappa shape index (κ2) is 13.2. The predicted octanol–water partition coefficient (Wildman–Crippen LogP) is 5.01. The number of hydrogen-bond acceptors (Lipinski definition) is 6. The van der Waals surface area contributed by atoms with Crippen molar-refractivity contribution in [2.24, 2.45) is 11.8 Å². The van der Waals surface area contributed by atoms with Crippen LogP contribution >= 0.6 is 11.6 Å². The third-order valence-electron chi connectivity index (χ3n) is 8.97. The van der Waals surface area contributed by atoms with E-state index in [0.717, 1.165) is 36.3 Å². The van der Waals surface area contributed by atoms with Crippen LogP contribution in [0.5, 0.6) is 0 Å². The molecule has 1 aromatic carbocycles. The molecule has 2 aromatic rings. The number of pyridine rings is 1. The molecule has 46 heavy (non-hydrogen) atoms. The minimum atomic E-state index is -4.63. The Bertz CT molecular complexity index is 1530. The predicted molar refractivity (Wildman–Crippen MR) is 172 cm³/mol. The second-order valence-electron chi connectivity index (χ2n) is 12.9. The Kier molecular flexibility index (Phi) is 9.70. The number of amides is 3. The van der Waals surface area contributed by atoms with Crippen molar-refractivity contribution in [2.75, 3.05) is 68.6 Å². The van der Waals surface area contributed by atoms with E-state index in [9.17, 15) is 27.6 Å². The summed E-state index contributed by atoms with van der Waals surface area (Å²) in [6.07, 6.45) is -1.98. The molecule has 2 saturated heterocycles. The first-order chi connectivity index (χ1) is 21.6. The Morgan fingerprint density at radius 3 is 2.52 bits per heavy atom. The zero-order valence-electron chi connectivity index (χ0n) is 26.6. The van der Waals surface area contributed by atoms with Crippen LogP contribution in [0, 0.1) is 18.8 Å². The zero-order valence-corrected chi connectivity index (χ0v) is 27.4. The number of anilines is 3. The third kappa shape index (κ3) is 6.88. The summed E-state index contributed by atoms with van der Waals surface area (Å²) >= 11 is 6.73. The minimum Gasteiger partial charge on any atom is -0.368 e. The number of aryl methyl sites for hydroxylation is 1. The molecular weight excluding hydrogens is 621 g/mol. The molecule has 0 spiro atoms. The average molecular weight is 661 g/mol. The van der Waals surface area contributed by atoms with Crippen LogP contribution in [0.1, 0.15) is 36.9 Å². The third-order valence-corrected chi connectivity index (χ3v) is 9.28. The van der Waals surface area contributed by atoms with Crippen LogP contribution in [-0.4, -0.2) is 92.4 Å². The van der Waals surface area contributed by atoms with Gasteiger partial charge < -0.3 is 19.6 Å². The lowest BCUT2D eigenvalue weighted by Crippen LogP contribution is -2.52. The number of likely N-dealkylation sites (tertiary alicyclic amines) is 1. The number of nitrogens with zero attached hydrogens (tertiary/aromatic N) is 6. The van der Waals surface area contributed by atoms with Gasteiger partial charge in [0.15, 0.2) is 0 Å². The first kappa shape index (κ1) is 33.7. The quantitative estimate of drug-likeness (QED) is 0.278. The molecule has 3 amide bonds. The molecule has 3 aliphatic rings. The highest BCUT2D eigenvalue weighted by Gasteiger charge is 2.49. The van der Waals surface area contributed by atoms with Crippen LogP contribution in [0.2, 0.25) is 5.02 Å². The SMILES string of the molecule is C=C(CN(C)C)C(=O)N1CC(CCCCN2C[C@H]3CC(=O)N(c4cc(C(F)(F)F)cc(C)n4)[C@@H]3C(=O)N(C)c3cccc(Cl)c32)C1. The van der Waals surface area contributed by atoms with Crippen molar-refractivity contribution in [2.45, 2.75) is 44.8 Å². The first-order valence-corrected chi connectivity index (χ1v) is 15.8. The smallest absolute Gasteiger partial charge is 0.368 e. The maximum Gasteiger partial charge on any atom is 0.416 e. The monoisotopic (exact) mass is 660 g/mol. The van der Waals surface area contributed by atoms with E-state index in [4.69, 9.17) is 11.6 Å². The van der Waals surface area contributed by atoms with Crippen LogP contribution in [0.25, 0.3) is 0 Å². The number of likely N-dealkylation sites (N-methyl/N-ethyl adjacent to an activating group) is 2. The maximum absolute atomic E-state index is 14.0. The molecule has 0 saturated carbocycles. The van der Waals surface area contributed by atoms with Gasteiger partial charge in [-0.15, -0.1) is 0 Å². The molecule has 2 atom stereocenters. The summed E-state index contributed by atoms with van der Waals surface area (Å²) in [6.45, 7) is 8.23. The van der Waals surface area contributed by atoms with Crippen LogP contribution in [0.3, 0.4) is 0 Å². The summed E-state index contributed by atoms with van der Waals surface area (Å²) in [5, 5.41) is 0.470. The summed E-state index contributed by atoms with van der Waals surface area (Å²) in [6, 6.07) is 6.03. The van der Waals surface area contributed by atoms with Gasteiger partial charge in [0.05, 0.1) is 22.0 Å². The minimum absolute atomic E-state index is 0.000648. The van der Waals surface area contributed by atoms with Gasteiger partial charge in [0, 0.05) is 63.4 Å². The largest absolute Gasteiger partial charge is 0.416 e. The Morgan fingerprint density at radius 2 is 1.85 bits per heavy atom. The van der Waals surface area contributed by atoms with Crippen molar-refractivity contribution in [3.8, 4) is 0 Å². The molecular formula is C33H40ClF3N6O3. The van der Waals surface area contributed by atoms with Crippen molar-refractivity contribution < 1.29 is 27.6 Å². The Balaban J connectivity index is 1.32. The van der Waals surface area contributed by atoms with E-state index >= 15 is 0 Å². The number of fused-ring (bicyclic) bond motifs is 2. The Hall–Kier alpha value is -3.64. The van der Waals surface area contributed by atoms with Gasteiger partial charge in [-0.05, 0) is 64.0 Å². The molecule has 248 valence electrons. The highest BCUT2D eigenvalue weighted by atomic mass is 35.5. The molecule has 13 heteroatoms. The van der Waals surface area contributed by atoms with Crippen molar-refractivity contribution in [3.05, 3.63) is 58.8 Å². The first-order valence-electron chi connectivity index (χ1n) is 15.5. The maximum atomic E-state index is 14.0. The van der Waals surface area contributed by atoms with Gasteiger partial charge in [-0.1, -0.05) is 30.7 Å². The number of carbonyl (C=O) groups excluding carboxylic acids is 3. The summed E-state index contributed by atoms with van der Waals surface area (Å²) in [5.41, 5.74) is 1.02. The number of hydrogen-bond donors (Lipinski definition) is 0. The van der Waals surface area contributed by atoms with Gasteiger partial charge in [0.2, 0.25) is 11.8 Å². The number of para-hydroxylation sites is 1.